The molecule has 1 aromatic rings. The first-order valence-corrected chi connectivity index (χ1v) is 11.5. The maximum atomic E-state index is 13.2. The third-order valence-corrected chi connectivity index (χ3v) is 6.11. The summed E-state index contributed by atoms with van der Waals surface area (Å²) in [6.45, 7) is 2.44. The van der Waals surface area contributed by atoms with Crippen LogP contribution < -0.4 is 16.2 Å². The van der Waals surface area contributed by atoms with Crippen molar-refractivity contribution in [3.05, 3.63) is 23.8 Å². The van der Waals surface area contributed by atoms with Crippen LogP contribution in [0.1, 0.15) is 43.5 Å². The molecule has 3 rings (SSSR count). The topological polar surface area (TPSA) is 108 Å². The second kappa shape index (κ2) is 11.7. The van der Waals surface area contributed by atoms with Crippen LogP contribution in [-0.2, 0) is 20.5 Å². The van der Waals surface area contributed by atoms with Crippen molar-refractivity contribution in [2.75, 3.05) is 32.8 Å². The van der Waals surface area contributed by atoms with E-state index in [2.05, 4.69) is 20.7 Å². The number of alkyl halides is 6. The van der Waals surface area contributed by atoms with Gasteiger partial charge in [0.2, 0.25) is 11.8 Å². The van der Waals surface area contributed by atoms with Crippen LogP contribution in [0.5, 0.6) is 0 Å². The van der Waals surface area contributed by atoms with Crippen LogP contribution in [0.2, 0.25) is 0 Å². The van der Waals surface area contributed by atoms with E-state index in [0.717, 1.165) is 12.4 Å². The molecule has 2 saturated heterocycles. The molecule has 3 N–H and O–H groups in total. The van der Waals surface area contributed by atoms with Crippen molar-refractivity contribution >= 4 is 11.8 Å². The number of piperidine rings is 1. The third-order valence-electron chi connectivity index (χ3n) is 6.11. The van der Waals surface area contributed by atoms with Crippen molar-refractivity contribution in [2.24, 2.45) is 5.92 Å². The van der Waals surface area contributed by atoms with Crippen LogP contribution in [0.3, 0.4) is 0 Å². The number of carbonyl (C=O) groups is 2. The maximum Gasteiger partial charge on any atom is 0.419 e. The van der Waals surface area contributed by atoms with Crippen molar-refractivity contribution < 1.29 is 40.7 Å². The van der Waals surface area contributed by atoms with Gasteiger partial charge in [0, 0.05) is 50.0 Å². The van der Waals surface area contributed by atoms with Crippen LogP contribution >= 0.6 is 0 Å². The zero-order valence-electron chi connectivity index (χ0n) is 19.5. The van der Waals surface area contributed by atoms with Gasteiger partial charge in [0.15, 0.2) is 5.92 Å². The lowest BCUT2D eigenvalue weighted by atomic mass is 9.95. The highest BCUT2D eigenvalue weighted by atomic mass is 19.4. The highest BCUT2D eigenvalue weighted by molar-refractivity contribution is 5.80. The van der Waals surface area contributed by atoms with Crippen LogP contribution in [0.15, 0.2) is 12.4 Å². The molecule has 202 valence electrons. The van der Waals surface area contributed by atoms with Gasteiger partial charge in [-0.3, -0.25) is 15.0 Å². The number of rotatable bonds is 8. The first kappa shape index (κ1) is 28.1. The van der Waals surface area contributed by atoms with E-state index in [-0.39, 0.29) is 38.0 Å². The fourth-order valence-corrected chi connectivity index (χ4v) is 4.23. The van der Waals surface area contributed by atoms with Gasteiger partial charge in [-0.2, -0.15) is 26.3 Å². The predicted octanol–water partition coefficient (Wildman–Crippen LogP) is 1.77. The fraction of sp³-hybridized carbons (Fsp3) is 0.714. The molecule has 36 heavy (non-hydrogen) atoms. The van der Waals surface area contributed by atoms with Crippen LogP contribution in [0, 0.1) is 5.92 Å². The predicted molar refractivity (Wildman–Crippen MR) is 113 cm³/mol. The van der Waals surface area contributed by atoms with Gasteiger partial charge >= 0.3 is 12.4 Å². The van der Waals surface area contributed by atoms with E-state index < -0.39 is 41.8 Å². The Bertz CT molecular complexity index is 890. The molecule has 3 atom stereocenters. The molecule has 0 aliphatic carbocycles. The summed E-state index contributed by atoms with van der Waals surface area (Å²) < 4.78 is 83.0. The van der Waals surface area contributed by atoms with Crippen molar-refractivity contribution in [2.45, 2.75) is 56.5 Å². The minimum atomic E-state index is -4.69. The van der Waals surface area contributed by atoms with Crippen LogP contribution in [0.4, 0.5) is 26.3 Å². The lowest BCUT2D eigenvalue weighted by molar-refractivity contribution is -0.193. The van der Waals surface area contributed by atoms with E-state index >= 15 is 0 Å². The number of hydrogen-bond acceptors (Lipinski definition) is 7. The number of hydrogen-bond donors (Lipinski definition) is 3. The maximum absolute atomic E-state index is 13.2. The second-order valence-electron chi connectivity index (χ2n) is 8.87. The Hall–Kier alpha value is -2.52. The zero-order valence-corrected chi connectivity index (χ0v) is 19.5. The van der Waals surface area contributed by atoms with Gasteiger partial charge in [0.05, 0.1) is 25.2 Å². The fourth-order valence-electron chi connectivity index (χ4n) is 4.23. The number of nitrogens with one attached hydrogen (secondary N) is 3. The molecule has 2 aliphatic rings. The minimum Gasteiger partial charge on any atom is -0.379 e. The number of amides is 2. The quantitative estimate of drug-likeness (QED) is 0.350. The average molecular weight is 526 g/mol. The molecule has 3 heterocycles. The van der Waals surface area contributed by atoms with Crippen molar-refractivity contribution in [1.29, 1.82) is 0 Å². The molecular weight excluding hydrogens is 498 g/mol. The number of hydrazine groups is 1. The smallest absolute Gasteiger partial charge is 0.379 e. The lowest BCUT2D eigenvalue weighted by Crippen LogP contribution is -2.64. The van der Waals surface area contributed by atoms with E-state index in [1.807, 2.05) is 5.43 Å². The Morgan fingerprint density at radius 2 is 1.83 bits per heavy atom. The van der Waals surface area contributed by atoms with Gasteiger partial charge in [-0.05, 0) is 19.8 Å². The normalized spacial score (nSPS) is 22.9. The molecule has 15 heteroatoms. The van der Waals surface area contributed by atoms with E-state index in [1.54, 1.807) is 11.8 Å². The summed E-state index contributed by atoms with van der Waals surface area (Å²) >= 11 is 0. The first-order chi connectivity index (χ1) is 16.9. The van der Waals surface area contributed by atoms with Gasteiger partial charge in [-0.25, -0.2) is 15.4 Å². The van der Waals surface area contributed by atoms with E-state index in [9.17, 15) is 35.9 Å². The molecule has 0 radical (unpaired) electrons. The monoisotopic (exact) mass is 526 g/mol. The van der Waals surface area contributed by atoms with E-state index in [4.69, 9.17) is 4.74 Å². The molecule has 2 unspecified atom stereocenters. The van der Waals surface area contributed by atoms with Gasteiger partial charge in [0.25, 0.3) is 0 Å². The zero-order chi connectivity index (χ0) is 26.5. The molecule has 0 aromatic carbocycles. The number of halogens is 6. The molecule has 9 nitrogen and oxygen atoms in total. The van der Waals surface area contributed by atoms with Crippen LogP contribution in [-0.4, -0.2) is 77.8 Å². The molecule has 0 spiro atoms. The average Bonchev–Trinajstić information content (AvgIpc) is 2.80. The molecule has 2 amide bonds. The number of carbonyl (C=O) groups excluding carboxylic acids is 2. The summed E-state index contributed by atoms with van der Waals surface area (Å²) in [6.07, 6.45) is -6.56. The number of aromatic nitrogens is 2. The van der Waals surface area contributed by atoms with Gasteiger partial charge < -0.3 is 15.0 Å². The van der Waals surface area contributed by atoms with Crippen molar-refractivity contribution in [3.8, 4) is 0 Å². The number of likely N-dealkylation sites (tertiary alicyclic amines) is 1. The summed E-state index contributed by atoms with van der Waals surface area (Å²) in [5.41, 5.74) is 3.50. The Morgan fingerprint density at radius 1 is 1.19 bits per heavy atom. The summed E-state index contributed by atoms with van der Waals surface area (Å²) in [5.74, 6) is -3.32. The highest BCUT2D eigenvalue weighted by Gasteiger charge is 2.51. The first-order valence-electron chi connectivity index (χ1n) is 11.5. The third kappa shape index (κ3) is 7.49. The number of ether oxygens (including phenoxy) is 1. The summed E-state index contributed by atoms with van der Waals surface area (Å²) in [5, 5.41) is 2.75. The molecule has 0 bridgehead atoms. The summed E-state index contributed by atoms with van der Waals surface area (Å²) in [4.78, 5) is 33.4. The molecule has 2 aliphatic heterocycles. The standard InChI is InChI=1S/C21H28F6N6O3/c1-12(31-15-10-30-32-19(35)17(15)21(25,26)27)11-36-7-4-16(34)33-5-2-13(3-6-33)18-28-8-14(9-29-18)20(22,23)24/h8-9,12-13,15,17,30-31H,2-7,10-11H2,1H3,(H,32,35)/t12-,15?,17?/m0/s1. The molecule has 0 saturated carbocycles. The Kier molecular flexibility index (Phi) is 9.11. The second-order valence-corrected chi connectivity index (χ2v) is 8.87. The van der Waals surface area contributed by atoms with Gasteiger partial charge in [-0.1, -0.05) is 0 Å². The molecular formula is C21H28F6N6O3. The summed E-state index contributed by atoms with van der Waals surface area (Å²) in [6, 6.07) is -1.66. The van der Waals surface area contributed by atoms with Crippen molar-refractivity contribution in [3.63, 3.8) is 0 Å². The Labute approximate surface area is 203 Å². The van der Waals surface area contributed by atoms with Crippen molar-refractivity contribution in [1.82, 2.24) is 31.0 Å². The van der Waals surface area contributed by atoms with E-state index in [0.29, 0.717) is 31.8 Å². The highest BCUT2D eigenvalue weighted by Crippen LogP contribution is 2.31. The Morgan fingerprint density at radius 3 is 2.42 bits per heavy atom. The largest absolute Gasteiger partial charge is 0.419 e. The molecule has 1 aromatic heterocycles. The lowest BCUT2D eigenvalue weighted by Gasteiger charge is -2.35. The van der Waals surface area contributed by atoms with Crippen LogP contribution in [0.25, 0.3) is 0 Å². The van der Waals surface area contributed by atoms with Gasteiger partial charge in [-0.15, -0.1) is 0 Å². The number of nitrogens with zero attached hydrogens (tertiary/aromatic N) is 3. The SMILES string of the molecule is C[C@@H](COCCC(=O)N1CCC(c2ncc(C(F)(F)F)cn2)CC1)NC1CNNC(=O)C1C(F)(F)F. The minimum absolute atomic E-state index is 0.0450. The van der Waals surface area contributed by atoms with E-state index in [1.165, 1.54) is 0 Å². The Balaban J connectivity index is 1.36. The van der Waals surface area contributed by atoms with Gasteiger partial charge in [0.1, 0.15) is 5.82 Å². The summed E-state index contributed by atoms with van der Waals surface area (Å²) in [7, 11) is 0. The molecule has 2 fully saturated rings.